The number of fused-ring (bicyclic) bond motifs is 2. The van der Waals surface area contributed by atoms with E-state index in [-0.39, 0.29) is 30.4 Å². The van der Waals surface area contributed by atoms with E-state index in [9.17, 15) is 19.8 Å². The van der Waals surface area contributed by atoms with Crippen molar-refractivity contribution in [1.82, 2.24) is 4.90 Å². The Kier molecular flexibility index (Phi) is 3.94. The van der Waals surface area contributed by atoms with Crippen molar-refractivity contribution in [1.29, 1.82) is 0 Å². The summed E-state index contributed by atoms with van der Waals surface area (Å²) in [5.74, 6) is -2.07. The second kappa shape index (κ2) is 5.33. The van der Waals surface area contributed by atoms with E-state index in [1.54, 1.807) is 11.8 Å². The molecule has 2 aliphatic rings. The molecule has 0 spiro atoms. The molecule has 2 bridgehead atoms. The summed E-state index contributed by atoms with van der Waals surface area (Å²) in [5, 5.41) is 18.6. The monoisotopic (exact) mass is 267 g/mol. The number of carbonyl (C=O) groups excluding carboxylic acids is 1. The van der Waals surface area contributed by atoms with Gasteiger partial charge in [0.05, 0.1) is 24.5 Å². The fourth-order valence-electron chi connectivity index (χ4n) is 3.47. The van der Waals surface area contributed by atoms with E-state index in [0.29, 0.717) is 6.54 Å². The van der Waals surface area contributed by atoms with Gasteiger partial charge in [0.25, 0.3) is 0 Å². The number of likely N-dealkylation sites (N-methyl/N-ethyl adjacent to an activating group) is 1. The lowest BCUT2D eigenvalue weighted by atomic mass is 9.82. The van der Waals surface area contributed by atoms with Crippen molar-refractivity contribution in [3.05, 3.63) is 12.2 Å². The number of carboxylic acid groups (broad SMARTS) is 1. The molecule has 2 rings (SSSR count). The molecule has 1 fully saturated rings. The van der Waals surface area contributed by atoms with Gasteiger partial charge in [0, 0.05) is 6.54 Å². The Morgan fingerprint density at radius 2 is 1.89 bits per heavy atom. The summed E-state index contributed by atoms with van der Waals surface area (Å²) in [6, 6.07) is -0.268. The molecule has 106 valence electrons. The van der Waals surface area contributed by atoms with Crippen LogP contribution in [0.15, 0.2) is 12.2 Å². The number of carboxylic acids is 1. The van der Waals surface area contributed by atoms with Gasteiger partial charge in [-0.2, -0.15) is 0 Å². The summed E-state index contributed by atoms with van der Waals surface area (Å²) in [7, 11) is 0. The van der Waals surface area contributed by atoms with Crippen LogP contribution in [0.4, 0.5) is 0 Å². The lowest BCUT2D eigenvalue weighted by Crippen LogP contribution is -2.47. The van der Waals surface area contributed by atoms with E-state index < -0.39 is 17.8 Å². The normalized spacial score (nSPS) is 33.4. The maximum absolute atomic E-state index is 12.6. The van der Waals surface area contributed by atoms with Crippen molar-refractivity contribution >= 4 is 11.9 Å². The predicted molar refractivity (Wildman–Crippen MR) is 69.3 cm³/mol. The molecule has 19 heavy (non-hydrogen) atoms. The van der Waals surface area contributed by atoms with Gasteiger partial charge in [-0.1, -0.05) is 12.2 Å². The van der Waals surface area contributed by atoms with Crippen LogP contribution in [0.3, 0.4) is 0 Å². The number of nitrogens with zero attached hydrogens (tertiary/aromatic N) is 1. The third-order valence-corrected chi connectivity index (χ3v) is 4.45. The number of aliphatic hydroxyl groups excluding tert-OH is 1. The molecule has 0 heterocycles. The van der Waals surface area contributed by atoms with Crippen LogP contribution >= 0.6 is 0 Å². The number of hydrogen-bond donors (Lipinski definition) is 2. The first-order chi connectivity index (χ1) is 9.01. The third-order valence-electron chi connectivity index (χ3n) is 4.45. The number of carbonyl (C=O) groups is 2. The Balaban J connectivity index is 2.22. The number of rotatable bonds is 5. The summed E-state index contributed by atoms with van der Waals surface area (Å²) in [5.41, 5.74) is 0. The standard InChI is InChI=1S/C14H21NO4/c1-3-15(8(2)7-16)13(17)11-9-4-5-10(6-9)12(11)14(18)19/h4-5,8-12,16H,3,6-7H2,1-2H3,(H,18,19). The van der Waals surface area contributed by atoms with Crippen molar-refractivity contribution in [2.24, 2.45) is 23.7 Å². The van der Waals surface area contributed by atoms with Crippen molar-refractivity contribution in [2.75, 3.05) is 13.2 Å². The summed E-state index contributed by atoms with van der Waals surface area (Å²) in [6.07, 6.45) is 4.67. The fourth-order valence-corrected chi connectivity index (χ4v) is 3.47. The summed E-state index contributed by atoms with van der Waals surface area (Å²) in [6.45, 7) is 4.02. The molecule has 2 N–H and O–H groups in total. The molecule has 1 amide bonds. The van der Waals surface area contributed by atoms with Crippen LogP contribution in [0.25, 0.3) is 0 Å². The average molecular weight is 267 g/mol. The lowest BCUT2D eigenvalue weighted by molar-refractivity contribution is -0.152. The summed E-state index contributed by atoms with van der Waals surface area (Å²) >= 11 is 0. The molecule has 5 heteroatoms. The van der Waals surface area contributed by atoms with E-state index in [1.165, 1.54) is 0 Å². The van der Waals surface area contributed by atoms with Crippen LogP contribution in [0, 0.1) is 23.7 Å². The molecule has 2 aliphatic carbocycles. The van der Waals surface area contributed by atoms with Crippen LogP contribution in [-0.4, -0.2) is 46.2 Å². The molecule has 0 saturated heterocycles. The van der Waals surface area contributed by atoms with E-state index in [1.807, 2.05) is 19.1 Å². The minimum absolute atomic E-state index is 0.0143. The number of hydrogen-bond acceptors (Lipinski definition) is 3. The molecule has 0 aromatic heterocycles. The van der Waals surface area contributed by atoms with Gasteiger partial charge >= 0.3 is 5.97 Å². The van der Waals surface area contributed by atoms with Gasteiger partial charge in [0.1, 0.15) is 0 Å². The molecule has 0 radical (unpaired) electrons. The quantitative estimate of drug-likeness (QED) is 0.720. The number of allylic oxidation sites excluding steroid dienone is 2. The summed E-state index contributed by atoms with van der Waals surface area (Å²) in [4.78, 5) is 25.6. The topological polar surface area (TPSA) is 77.8 Å². The highest BCUT2D eigenvalue weighted by Gasteiger charge is 2.52. The third kappa shape index (κ3) is 2.27. The number of amides is 1. The second-order valence-electron chi connectivity index (χ2n) is 5.49. The molecule has 1 saturated carbocycles. The number of aliphatic hydroxyl groups is 1. The molecular weight excluding hydrogens is 246 g/mol. The van der Waals surface area contributed by atoms with Gasteiger partial charge in [-0.25, -0.2) is 0 Å². The van der Waals surface area contributed by atoms with Crippen LogP contribution in [0.5, 0.6) is 0 Å². The molecule has 0 aliphatic heterocycles. The van der Waals surface area contributed by atoms with Crippen LogP contribution in [0.2, 0.25) is 0 Å². The van der Waals surface area contributed by atoms with E-state index in [0.717, 1.165) is 6.42 Å². The molecule has 5 nitrogen and oxygen atoms in total. The zero-order chi connectivity index (χ0) is 14.2. The smallest absolute Gasteiger partial charge is 0.307 e. The van der Waals surface area contributed by atoms with E-state index in [2.05, 4.69) is 0 Å². The van der Waals surface area contributed by atoms with E-state index >= 15 is 0 Å². The Hall–Kier alpha value is -1.36. The van der Waals surface area contributed by atoms with Gasteiger partial charge < -0.3 is 15.1 Å². The zero-order valence-corrected chi connectivity index (χ0v) is 11.3. The Morgan fingerprint density at radius 3 is 2.37 bits per heavy atom. The molecular formula is C14H21NO4. The Bertz CT molecular complexity index is 406. The van der Waals surface area contributed by atoms with Crippen LogP contribution < -0.4 is 0 Å². The zero-order valence-electron chi connectivity index (χ0n) is 11.3. The molecule has 5 atom stereocenters. The average Bonchev–Trinajstić information content (AvgIpc) is 2.98. The lowest BCUT2D eigenvalue weighted by Gasteiger charge is -2.33. The van der Waals surface area contributed by atoms with Crippen LogP contribution in [0.1, 0.15) is 20.3 Å². The second-order valence-corrected chi connectivity index (χ2v) is 5.49. The predicted octanol–water partition coefficient (Wildman–Crippen LogP) is 0.739. The van der Waals surface area contributed by atoms with Crippen molar-refractivity contribution in [3.8, 4) is 0 Å². The van der Waals surface area contributed by atoms with E-state index in [4.69, 9.17) is 0 Å². The van der Waals surface area contributed by atoms with Gasteiger partial charge in [-0.3, -0.25) is 9.59 Å². The first-order valence-electron chi connectivity index (χ1n) is 6.83. The van der Waals surface area contributed by atoms with Gasteiger partial charge in [0.15, 0.2) is 0 Å². The number of aliphatic carboxylic acids is 1. The molecule has 5 unspecified atom stereocenters. The Morgan fingerprint density at radius 1 is 1.32 bits per heavy atom. The van der Waals surface area contributed by atoms with Crippen molar-refractivity contribution < 1.29 is 19.8 Å². The maximum atomic E-state index is 12.6. The van der Waals surface area contributed by atoms with Crippen molar-refractivity contribution in [3.63, 3.8) is 0 Å². The minimum Gasteiger partial charge on any atom is -0.481 e. The van der Waals surface area contributed by atoms with Gasteiger partial charge in [-0.15, -0.1) is 0 Å². The highest BCUT2D eigenvalue weighted by molar-refractivity contribution is 5.87. The largest absolute Gasteiger partial charge is 0.481 e. The first kappa shape index (κ1) is 14.1. The first-order valence-corrected chi connectivity index (χ1v) is 6.83. The fraction of sp³-hybridized carbons (Fsp3) is 0.714. The highest BCUT2D eigenvalue weighted by Crippen LogP contribution is 2.48. The Labute approximate surface area is 112 Å². The van der Waals surface area contributed by atoms with Gasteiger partial charge in [-0.05, 0) is 32.1 Å². The van der Waals surface area contributed by atoms with Gasteiger partial charge in [0.2, 0.25) is 5.91 Å². The maximum Gasteiger partial charge on any atom is 0.307 e. The van der Waals surface area contributed by atoms with Crippen LogP contribution in [-0.2, 0) is 9.59 Å². The summed E-state index contributed by atoms with van der Waals surface area (Å²) < 4.78 is 0. The molecule has 0 aromatic rings. The SMILES string of the molecule is CCN(C(=O)C1C2C=CC(C2)C1C(=O)O)C(C)CO. The minimum atomic E-state index is -0.886. The van der Waals surface area contributed by atoms with Crippen molar-refractivity contribution in [2.45, 2.75) is 26.3 Å². The molecule has 0 aromatic carbocycles. The highest BCUT2D eigenvalue weighted by atomic mass is 16.4.